The first-order chi connectivity index (χ1) is 9.60. The van der Waals surface area contributed by atoms with Gasteiger partial charge in [0.1, 0.15) is 5.75 Å². The molecule has 0 unspecified atom stereocenters. The number of rotatable bonds is 5. The maximum absolute atomic E-state index is 11.6. The standard InChI is InChI=1S/C11H14N2O7S/c1-6(2)20-11(17)13-21(18,19)12-8-5-7(10(15)16)3-4-9(8)14/h3-6,12,14H,1-2H3,(H,13,17)(H,15,16). The van der Waals surface area contributed by atoms with Crippen LogP contribution < -0.4 is 9.44 Å². The van der Waals surface area contributed by atoms with E-state index in [4.69, 9.17) is 5.11 Å². The zero-order valence-electron chi connectivity index (χ0n) is 11.2. The fraction of sp³-hybridized carbons (Fsp3) is 0.273. The summed E-state index contributed by atoms with van der Waals surface area (Å²) in [4.78, 5) is 22.0. The van der Waals surface area contributed by atoms with E-state index in [0.29, 0.717) is 0 Å². The number of hydrogen-bond donors (Lipinski definition) is 4. The van der Waals surface area contributed by atoms with Crippen molar-refractivity contribution < 1.29 is 33.0 Å². The highest BCUT2D eigenvalue weighted by molar-refractivity contribution is 7.91. The van der Waals surface area contributed by atoms with Gasteiger partial charge in [-0.25, -0.2) is 14.3 Å². The monoisotopic (exact) mass is 318 g/mol. The topological polar surface area (TPSA) is 142 Å². The van der Waals surface area contributed by atoms with E-state index in [1.807, 2.05) is 4.72 Å². The van der Waals surface area contributed by atoms with Gasteiger partial charge in [0.15, 0.2) is 0 Å². The number of amides is 1. The van der Waals surface area contributed by atoms with Crippen LogP contribution in [0.25, 0.3) is 0 Å². The van der Waals surface area contributed by atoms with Gasteiger partial charge in [-0.1, -0.05) is 0 Å². The summed E-state index contributed by atoms with van der Waals surface area (Å²) in [6.07, 6.45) is -1.73. The molecule has 21 heavy (non-hydrogen) atoms. The molecule has 9 nitrogen and oxygen atoms in total. The van der Waals surface area contributed by atoms with Crippen LogP contribution in [-0.4, -0.2) is 36.8 Å². The highest BCUT2D eigenvalue weighted by Gasteiger charge is 2.18. The summed E-state index contributed by atoms with van der Waals surface area (Å²) in [7, 11) is -4.37. The fourth-order valence-corrected chi connectivity index (χ4v) is 2.04. The third-order valence-corrected chi connectivity index (χ3v) is 2.97. The third-order valence-electron chi connectivity index (χ3n) is 2.05. The Labute approximate surface area is 120 Å². The first kappa shape index (κ1) is 16.6. The normalized spacial score (nSPS) is 11.0. The lowest BCUT2D eigenvalue weighted by atomic mass is 10.2. The quantitative estimate of drug-likeness (QED) is 0.590. The number of carbonyl (C=O) groups is 2. The van der Waals surface area contributed by atoms with Crippen molar-refractivity contribution in [2.24, 2.45) is 0 Å². The Hall–Kier alpha value is -2.49. The van der Waals surface area contributed by atoms with E-state index in [9.17, 15) is 23.1 Å². The summed E-state index contributed by atoms with van der Waals surface area (Å²) in [5.41, 5.74) is -0.630. The molecule has 0 saturated heterocycles. The molecule has 0 aliphatic heterocycles. The van der Waals surface area contributed by atoms with Crippen molar-refractivity contribution >= 4 is 28.0 Å². The van der Waals surface area contributed by atoms with E-state index in [2.05, 4.69) is 4.74 Å². The molecule has 0 heterocycles. The summed E-state index contributed by atoms with van der Waals surface area (Å²) >= 11 is 0. The third kappa shape index (κ3) is 5.18. The smallest absolute Gasteiger partial charge is 0.422 e. The second-order valence-corrected chi connectivity index (χ2v) is 5.61. The number of carbonyl (C=O) groups excluding carboxylic acids is 1. The molecule has 0 aliphatic carbocycles. The Morgan fingerprint density at radius 2 is 1.90 bits per heavy atom. The molecule has 0 radical (unpaired) electrons. The minimum absolute atomic E-state index is 0.241. The molecule has 0 aromatic heterocycles. The molecule has 0 spiro atoms. The van der Waals surface area contributed by atoms with E-state index in [0.717, 1.165) is 18.2 Å². The lowest BCUT2D eigenvalue weighted by molar-refractivity contribution is 0.0696. The molecule has 116 valence electrons. The van der Waals surface area contributed by atoms with Crippen LogP contribution in [0.15, 0.2) is 18.2 Å². The maximum atomic E-state index is 11.6. The molecule has 0 saturated carbocycles. The highest BCUT2D eigenvalue weighted by atomic mass is 32.2. The van der Waals surface area contributed by atoms with Gasteiger partial charge in [0.05, 0.1) is 17.4 Å². The van der Waals surface area contributed by atoms with Crippen molar-refractivity contribution in [1.82, 2.24) is 4.72 Å². The summed E-state index contributed by atoms with van der Waals surface area (Å²) in [6, 6.07) is 3.01. The zero-order valence-corrected chi connectivity index (χ0v) is 12.0. The molecule has 1 aromatic carbocycles. The van der Waals surface area contributed by atoms with E-state index in [-0.39, 0.29) is 11.3 Å². The number of aromatic carboxylic acids is 1. The van der Waals surface area contributed by atoms with Crippen molar-refractivity contribution in [2.45, 2.75) is 20.0 Å². The first-order valence-electron chi connectivity index (χ1n) is 5.68. The van der Waals surface area contributed by atoms with Crippen LogP contribution in [0.5, 0.6) is 5.75 Å². The predicted molar refractivity (Wildman–Crippen MR) is 72.4 cm³/mol. The number of aromatic hydroxyl groups is 1. The summed E-state index contributed by atoms with van der Waals surface area (Å²) < 4.78 is 31.3. The number of phenolic OH excluding ortho intramolecular Hbond substituents is 1. The van der Waals surface area contributed by atoms with Crippen LogP contribution in [-0.2, 0) is 14.9 Å². The van der Waals surface area contributed by atoms with Gasteiger partial charge < -0.3 is 14.9 Å². The Kier molecular flexibility index (Phi) is 4.97. The van der Waals surface area contributed by atoms with Gasteiger partial charge >= 0.3 is 22.3 Å². The van der Waals surface area contributed by atoms with Crippen LogP contribution in [0.3, 0.4) is 0 Å². The molecule has 10 heteroatoms. The van der Waals surface area contributed by atoms with Gasteiger partial charge in [-0.05, 0) is 32.0 Å². The number of nitrogens with one attached hydrogen (secondary N) is 2. The van der Waals surface area contributed by atoms with Gasteiger partial charge in [-0.15, -0.1) is 0 Å². The van der Waals surface area contributed by atoms with Crippen molar-refractivity contribution in [3.05, 3.63) is 23.8 Å². The molecule has 1 aromatic rings. The number of anilines is 1. The van der Waals surface area contributed by atoms with Crippen LogP contribution in [0.2, 0.25) is 0 Å². The molecular formula is C11H14N2O7S. The van der Waals surface area contributed by atoms with Gasteiger partial charge in [0.25, 0.3) is 0 Å². The maximum Gasteiger partial charge on any atom is 0.422 e. The van der Waals surface area contributed by atoms with Gasteiger partial charge in [0.2, 0.25) is 0 Å². The molecule has 1 amide bonds. The summed E-state index contributed by atoms with van der Waals surface area (Å²) in [6.45, 7) is 3.06. The Morgan fingerprint density at radius 3 is 2.43 bits per heavy atom. The van der Waals surface area contributed by atoms with E-state index in [1.54, 1.807) is 4.72 Å². The van der Waals surface area contributed by atoms with Crippen molar-refractivity contribution in [3.63, 3.8) is 0 Å². The SMILES string of the molecule is CC(C)OC(=O)NS(=O)(=O)Nc1cc(C(=O)O)ccc1O. The van der Waals surface area contributed by atoms with Crippen molar-refractivity contribution in [1.29, 1.82) is 0 Å². The van der Waals surface area contributed by atoms with Gasteiger partial charge in [-0.2, -0.15) is 8.42 Å². The van der Waals surface area contributed by atoms with E-state index >= 15 is 0 Å². The minimum atomic E-state index is -4.37. The van der Waals surface area contributed by atoms with Gasteiger partial charge in [0, 0.05) is 0 Å². The van der Waals surface area contributed by atoms with Gasteiger partial charge in [-0.3, -0.25) is 4.72 Å². The molecule has 0 aliphatic rings. The molecule has 0 atom stereocenters. The Bertz CT molecular complexity index is 655. The number of benzene rings is 1. The first-order valence-corrected chi connectivity index (χ1v) is 7.16. The largest absolute Gasteiger partial charge is 0.506 e. The lowest BCUT2D eigenvalue weighted by Crippen LogP contribution is -2.36. The second-order valence-electron chi connectivity index (χ2n) is 4.20. The average Bonchev–Trinajstić information content (AvgIpc) is 2.29. The predicted octanol–water partition coefficient (Wildman–Crippen LogP) is 0.882. The van der Waals surface area contributed by atoms with Crippen LogP contribution in [0.4, 0.5) is 10.5 Å². The highest BCUT2D eigenvalue weighted by Crippen LogP contribution is 2.25. The number of carboxylic acids is 1. The van der Waals surface area contributed by atoms with Crippen LogP contribution in [0, 0.1) is 0 Å². The number of phenols is 1. The lowest BCUT2D eigenvalue weighted by Gasteiger charge is -2.12. The summed E-state index contributed by atoms with van der Waals surface area (Å²) in [5, 5.41) is 18.3. The molecular weight excluding hydrogens is 304 g/mol. The number of ether oxygens (including phenoxy) is 1. The Balaban J connectivity index is 2.91. The number of hydrogen-bond acceptors (Lipinski definition) is 6. The zero-order chi connectivity index (χ0) is 16.2. The van der Waals surface area contributed by atoms with Crippen LogP contribution >= 0.6 is 0 Å². The van der Waals surface area contributed by atoms with E-state index < -0.39 is 34.1 Å². The molecule has 1 rings (SSSR count). The molecule has 0 fully saturated rings. The van der Waals surface area contributed by atoms with E-state index in [1.165, 1.54) is 13.8 Å². The second kappa shape index (κ2) is 6.31. The van der Waals surface area contributed by atoms with Crippen LogP contribution in [0.1, 0.15) is 24.2 Å². The average molecular weight is 318 g/mol. The molecule has 0 bridgehead atoms. The molecule has 4 N–H and O–H groups in total. The summed E-state index contributed by atoms with van der Waals surface area (Å²) in [5.74, 6) is -1.80. The number of carboxylic acid groups (broad SMARTS) is 1. The minimum Gasteiger partial charge on any atom is -0.506 e. The van der Waals surface area contributed by atoms with Crippen molar-refractivity contribution in [3.8, 4) is 5.75 Å². The van der Waals surface area contributed by atoms with Crippen molar-refractivity contribution in [2.75, 3.05) is 4.72 Å². The Morgan fingerprint density at radius 1 is 1.29 bits per heavy atom. The fourth-order valence-electron chi connectivity index (χ4n) is 1.27.